The molecule has 4 rings (SSSR count). The molecule has 0 amide bonds. The fraction of sp³-hybridized carbons (Fsp3) is 0.0833. The van der Waals surface area contributed by atoms with Crippen LogP contribution in [-0.4, -0.2) is 25.8 Å². The van der Waals surface area contributed by atoms with E-state index in [1.54, 1.807) is 19.1 Å². The highest BCUT2D eigenvalue weighted by molar-refractivity contribution is 7.19. The van der Waals surface area contributed by atoms with E-state index in [9.17, 15) is 20.3 Å². The van der Waals surface area contributed by atoms with E-state index in [1.165, 1.54) is 53.8 Å². The molecule has 1 aromatic heterocycles. The van der Waals surface area contributed by atoms with Crippen molar-refractivity contribution in [2.75, 3.05) is 5.43 Å². The predicted molar refractivity (Wildman–Crippen MR) is 140 cm³/mol. The van der Waals surface area contributed by atoms with Crippen molar-refractivity contribution in [2.24, 2.45) is 25.6 Å². The molecular weight excluding hydrogens is 496 g/mol. The Kier molecular flexibility index (Phi) is 7.54. The molecule has 0 unspecified atom stereocenters. The molecule has 0 radical (unpaired) electrons. The van der Waals surface area contributed by atoms with Crippen molar-refractivity contribution in [3.8, 4) is 11.5 Å². The number of azo groups is 2. The molecule has 1 heterocycles. The highest BCUT2D eigenvalue weighted by atomic mass is 32.1. The fourth-order valence-corrected chi connectivity index (χ4v) is 3.68. The van der Waals surface area contributed by atoms with Gasteiger partial charge in [0.05, 0.1) is 27.7 Å². The number of nitrogens with zero attached hydrogens (tertiary/aromatic N) is 7. The van der Waals surface area contributed by atoms with Gasteiger partial charge in [0.25, 0.3) is 5.69 Å². The van der Waals surface area contributed by atoms with Crippen LogP contribution in [0.5, 0.6) is 11.5 Å². The first-order valence-corrected chi connectivity index (χ1v) is 11.6. The summed E-state index contributed by atoms with van der Waals surface area (Å²) < 4.78 is 0. The molecule has 0 saturated heterocycles. The quantitative estimate of drug-likeness (QED) is 0.0950. The molecule has 0 aliphatic rings. The van der Waals surface area contributed by atoms with E-state index >= 15 is 0 Å². The number of aromatic nitrogens is 1. The van der Waals surface area contributed by atoms with Crippen molar-refractivity contribution < 1.29 is 15.1 Å². The lowest BCUT2D eigenvalue weighted by Gasteiger charge is -2.02. The van der Waals surface area contributed by atoms with Crippen LogP contribution < -0.4 is 5.43 Å². The van der Waals surface area contributed by atoms with E-state index < -0.39 is 4.92 Å². The van der Waals surface area contributed by atoms with Crippen molar-refractivity contribution in [1.82, 2.24) is 4.98 Å². The minimum Gasteiger partial charge on any atom is -0.508 e. The summed E-state index contributed by atoms with van der Waals surface area (Å²) in [5.41, 5.74) is 6.45. The van der Waals surface area contributed by atoms with Gasteiger partial charge < -0.3 is 10.2 Å². The summed E-state index contributed by atoms with van der Waals surface area (Å²) in [5, 5.41) is 51.8. The lowest BCUT2D eigenvalue weighted by atomic mass is 10.1. The molecule has 0 bridgehead atoms. The standard InChI is InChI=1S/C24H20N8O4S/c1-14(16-3-5-17(6-4-16)27-29-21-12-11-20(33)13-22(21)34)26-31-24-25-15(2)23(37-24)30-28-18-7-9-19(10-8-18)32(35)36/h3-13,33-34H,1-2H3,(H,25,31). The van der Waals surface area contributed by atoms with Crippen molar-refractivity contribution in [2.45, 2.75) is 13.8 Å². The maximum Gasteiger partial charge on any atom is 0.269 e. The number of rotatable bonds is 8. The molecule has 0 aliphatic carbocycles. The number of nitro groups is 1. The van der Waals surface area contributed by atoms with E-state index in [0.29, 0.717) is 32.9 Å². The van der Waals surface area contributed by atoms with Gasteiger partial charge in [-0.3, -0.25) is 15.5 Å². The summed E-state index contributed by atoms with van der Waals surface area (Å²) >= 11 is 1.27. The molecule has 12 nitrogen and oxygen atoms in total. The van der Waals surface area contributed by atoms with E-state index in [2.05, 4.69) is 36.0 Å². The van der Waals surface area contributed by atoms with Crippen molar-refractivity contribution in [3.05, 3.63) is 88.1 Å². The number of aromatic hydroxyl groups is 2. The average Bonchev–Trinajstić information content (AvgIpc) is 3.25. The topological polar surface area (TPSA) is 170 Å². The highest BCUT2D eigenvalue weighted by Crippen LogP contribution is 2.33. The number of anilines is 1. The molecule has 0 saturated carbocycles. The Bertz CT molecular complexity index is 1510. The number of nitrogens with one attached hydrogen (secondary N) is 1. The zero-order chi connectivity index (χ0) is 26.4. The number of benzene rings is 3. The number of thiazole rings is 1. The molecule has 3 aromatic carbocycles. The van der Waals surface area contributed by atoms with E-state index in [-0.39, 0.29) is 22.9 Å². The van der Waals surface area contributed by atoms with Crippen molar-refractivity contribution >= 4 is 49.9 Å². The van der Waals surface area contributed by atoms with Crippen LogP contribution in [-0.2, 0) is 0 Å². The minimum atomic E-state index is -0.472. The normalized spacial score (nSPS) is 11.9. The lowest BCUT2D eigenvalue weighted by Crippen LogP contribution is -1.99. The number of hydrogen-bond donors (Lipinski definition) is 3. The number of hydrogen-bond acceptors (Lipinski definition) is 12. The summed E-state index contributed by atoms with van der Waals surface area (Å²) in [6, 6.07) is 17.1. The number of nitro benzene ring substituents is 1. The van der Waals surface area contributed by atoms with E-state index in [1.807, 2.05) is 19.1 Å². The van der Waals surface area contributed by atoms with Gasteiger partial charge in [-0.1, -0.05) is 23.5 Å². The number of aryl methyl sites for hydroxylation is 1. The first-order chi connectivity index (χ1) is 17.8. The van der Waals surface area contributed by atoms with Crippen LogP contribution in [0.1, 0.15) is 18.2 Å². The number of phenols is 2. The predicted octanol–water partition coefficient (Wildman–Crippen LogP) is 7.44. The third-order valence-electron chi connectivity index (χ3n) is 4.93. The summed E-state index contributed by atoms with van der Waals surface area (Å²) in [7, 11) is 0. The molecule has 0 fully saturated rings. The minimum absolute atomic E-state index is 0.0129. The Balaban J connectivity index is 1.38. The van der Waals surface area contributed by atoms with E-state index in [4.69, 9.17) is 0 Å². The third kappa shape index (κ3) is 6.55. The van der Waals surface area contributed by atoms with Gasteiger partial charge >= 0.3 is 0 Å². The molecule has 13 heteroatoms. The van der Waals surface area contributed by atoms with Crippen molar-refractivity contribution in [3.63, 3.8) is 0 Å². The molecular formula is C24H20N8O4S. The molecule has 0 spiro atoms. The first-order valence-electron chi connectivity index (χ1n) is 10.8. The van der Waals surface area contributed by atoms with Gasteiger partial charge in [0.2, 0.25) is 5.13 Å². The molecule has 0 atom stereocenters. The zero-order valence-electron chi connectivity index (χ0n) is 19.6. The Labute approximate surface area is 214 Å². The van der Waals surface area contributed by atoms with Gasteiger partial charge in [-0.2, -0.15) is 10.2 Å². The number of hydrazone groups is 1. The van der Waals surface area contributed by atoms with Crippen LogP contribution in [0.15, 0.2) is 92.3 Å². The number of non-ortho nitro benzene ring substituents is 1. The monoisotopic (exact) mass is 516 g/mol. The van der Waals surface area contributed by atoms with Gasteiger partial charge in [-0.05, 0) is 55.8 Å². The van der Waals surface area contributed by atoms with Crippen LogP contribution in [0.25, 0.3) is 0 Å². The van der Waals surface area contributed by atoms with Crippen LogP contribution in [0.2, 0.25) is 0 Å². The van der Waals surface area contributed by atoms with Crippen LogP contribution in [0.4, 0.5) is 32.9 Å². The summed E-state index contributed by atoms with van der Waals surface area (Å²) in [5.74, 6) is -0.220. The summed E-state index contributed by atoms with van der Waals surface area (Å²) in [6.45, 7) is 3.64. The zero-order valence-corrected chi connectivity index (χ0v) is 20.4. The van der Waals surface area contributed by atoms with Crippen LogP contribution >= 0.6 is 11.3 Å². The molecule has 186 valence electrons. The first kappa shape index (κ1) is 25.1. The largest absolute Gasteiger partial charge is 0.508 e. The second-order valence-electron chi connectivity index (χ2n) is 7.61. The maximum absolute atomic E-state index is 10.8. The summed E-state index contributed by atoms with van der Waals surface area (Å²) in [6.07, 6.45) is 0. The van der Waals surface area contributed by atoms with Crippen LogP contribution in [0, 0.1) is 17.0 Å². The van der Waals surface area contributed by atoms with Gasteiger partial charge in [-0.15, -0.1) is 15.3 Å². The third-order valence-corrected chi connectivity index (χ3v) is 5.87. The van der Waals surface area contributed by atoms with Crippen molar-refractivity contribution in [1.29, 1.82) is 0 Å². The molecule has 3 N–H and O–H groups in total. The van der Waals surface area contributed by atoms with Gasteiger partial charge in [0.15, 0.2) is 5.00 Å². The Morgan fingerprint density at radius 2 is 1.59 bits per heavy atom. The lowest BCUT2D eigenvalue weighted by molar-refractivity contribution is -0.384. The Morgan fingerprint density at radius 3 is 2.24 bits per heavy atom. The Hall–Kier alpha value is -5.04. The maximum atomic E-state index is 10.8. The highest BCUT2D eigenvalue weighted by Gasteiger charge is 2.08. The second-order valence-corrected chi connectivity index (χ2v) is 8.59. The Morgan fingerprint density at radius 1 is 0.946 bits per heavy atom. The van der Waals surface area contributed by atoms with Gasteiger partial charge in [-0.25, -0.2) is 4.98 Å². The number of phenolic OH excluding ortho intramolecular Hbond substituents is 2. The molecule has 0 aliphatic heterocycles. The average molecular weight is 517 g/mol. The summed E-state index contributed by atoms with van der Waals surface area (Å²) in [4.78, 5) is 14.7. The second kappa shape index (κ2) is 11.1. The van der Waals surface area contributed by atoms with E-state index in [0.717, 1.165) is 5.56 Å². The molecule has 4 aromatic rings. The fourth-order valence-electron chi connectivity index (χ4n) is 2.95. The van der Waals surface area contributed by atoms with Gasteiger partial charge in [0, 0.05) is 18.2 Å². The smallest absolute Gasteiger partial charge is 0.269 e. The SMILES string of the molecule is CC(=NNc1nc(C)c(N=Nc2ccc([N+](=O)[O-])cc2)s1)c1ccc(N=Nc2ccc(O)cc2O)cc1. The molecule has 37 heavy (non-hydrogen) atoms. The van der Waals surface area contributed by atoms with Crippen LogP contribution in [0.3, 0.4) is 0 Å². The van der Waals surface area contributed by atoms with Gasteiger partial charge in [0.1, 0.15) is 17.2 Å².